The molecule has 0 radical (unpaired) electrons. The molecule has 5 rings (SSSR count). The number of carbonyl (C=O) groups excluding carboxylic acids is 2. The molecule has 0 saturated carbocycles. The fourth-order valence-electron chi connectivity index (χ4n) is 3.86. The van der Waals surface area contributed by atoms with Gasteiger partial charge in [-0.05, 0) is 18.6 Å². The van der Waals surface area contributed by atoms with Gasteiger partial charge in [0.05, 0.1) is 25.2 Å². The summed E-state index contributed by atoms with van der Waals surface area (Å²) in [4.78, 5) is 34.5. The second kappa shape index (κ2) is 7.62. The van der Waals surface area contributed by atoms with Crippen LogP contribution in [0.2, 0.25) is 0 Å². The van der Waals surface area contributed by atoms with E-state index in [9.17, 15) is 9.59 Å². The van der Waals surface area contributed by atoms with Crippen molar-refractivity contribution in [1.29, 1.82) is 0 Å². The lowest BCUT2D eigenvalue weighted by Crippen LogP contribution is -2.39. The Morgan fingerprint density at radius 3 is 3.03 bits per heavy atom. The molecule has 5 heterocycles. The van der Waals surface area contributed by atoms with Crippen molar-refractivity contribution in [3.63, 3.8) is 0 Å². The normalized spacial score (nSPS) is 21.1. The second-order valence-electron chi connectivity index (χ2n) is 7.47. The highest BCUT2D eigenvalue weighted by molar-refractivity contribution is 5.79. The third kappa shape index (κ3) is 3.63. The number of hydrogen-bond acceptors (Lipinski definition) is 7. The van der Waals surface area contributed by atoms with Crippen molar-refractivity contribution in [1.82, 2.24) is 30.2 Å². The van der Waals surface area contributed by atoms with Gasteiger partial charge in [0.2, 0.25) is 5.91 Å². The van der Waals surface area contributed by atoms with Crippen molar-refractivity contribution >= 4 is 23.5 Å². The van der Waals surface area contributed by atoms with Crippen molar-refractivity contribution in [2.24, 2.45) is 0 Å². The summed E-state index contributed by atoms with van der Waals surface area (Å²) in [5.41, 5.74) is 2.64. The first-order valence-corrected chi connectivity index (χ1v) is 9.89. The van der Waals surface area contributed by atoms with Crippen LogP contribution in [0.1, 0.15) is 12.8 Å². The summed E-state index contributed by atoms with van der Waals surface area (Å²) >= 11 is 0. The lowest BCUT2D eigenvalue weighted by molar-refractivity contribution is -0.119. The maximum atomic E-state index is 12.1. The van der Waals surface area contributed by atoms with Crippen LogP contribution in [0.3, 0.4) is 0 Å². The maximum absolute atomic E-state index is 12.1. The Balaban J connectivity index is 1.26. The predicted molar refractivity (Wildman–Crippen MR) is 108 cm³/mol. The van der Waals surface area contributed by atoms with E-state index in [1.165, 1.54) is 0 Å². The summed E-state index contributed by atoms with van der Waals surface area (Å²) in [6, 6.07) is 5.75. The van der Waals surface area contributed by atoms with Gasteiger partial charge in [0.25, 0.3) is 0 Å². The van der Waals surface area contributed by atoms with Gasteiger partial charge in [-0.25, -0.2) is 14.3 Å². The van der Waals surface area contributed by atoms with Crippen LogP contribution in [0.5, 0.6) is 0 Å². The first-order chi connectivity index (χ1) is 14.7. The summed E-state index contributed by atoms with van der Waals surface area (Å²) < 4.78 is 7.05. The summed E-state index contributed by atoms with van der Waals surface area (Å²) in [5.74, 6) is 0.739. The lowest BCUT2D eigenvalue weighted by Gasteiger charge is -2.18. The highest BCUT2D eigenvalue weighted by Gasteiger charge is 2.29. The third-order valence-corrected chi connectivity index (χ3v) is 5.37. The van der Waals surface area contributed by atoms with E-state index in [4.69, 9.17) is 9.72 Å². The molecule has 2 amide bonds. The standard InChI is InChI=1S/C20H21N7O3/c28-18-8-15(10-22-18)30-20(29)24-14-3-6-26(12-14)17-4-7-27-19(25-17)16(11-23-27)13-2-1-5-21-9-13/h1-2,4-5,7,9,11,14-15H,3,6,8,10,12H2,(H,22,28)(H,24,29). The van der Waals surface area contributed by atoms with Crippen LogP contribution in [-0.4, -0.2) is 63.4 Å². The fourth-order valence-corrected chi connectivity index (χ4v) is 3.86. The molecule has 2 saturated heterocycles. The largest absolute Gasteiger partial charge is 0.444 e. The predicted octanol–water partition coefficient (Wildman–Crippen LogP) is 0.985. The van der Waals surface area contributed by atoms with Crippen LogP contribution in [0.25, 0.3) is 16.8 Å². The zero-order valence-electron chi connectivity index (χ0n) is 16.2. The SMILES string of the molecule is O=C1CC(OC(=O)NC2CCN(c3ccn4ncc(-c5cccnc5)c4n3)C2)CN1. The topological polar surface area (TPSA) is 114 Å². The summed E-state index contributed by atoms with van der Waals surface area (Å²) in [5, 5.41) is 9.93. The molecule has 0 aliphatic carbocycles. The van der Waals surface area contributed by atoms with Gasteiger partial charge < -0.3 is 20.3 Å². The van der Waals surface area contributed by atoms with Gasteiger partial charge in [0, 0.05) is 42.8 Å². The monoisotopic (exact) mass is 407 g/mol. The van der Waals surface area contributed by atoms with Crippen LogP contribution in [0.15, 0.2) is 43.0 Å². The molecule has 10 nitrogen and oxygen atoms in total. The molecule has 0 bridgehead atoms. The fraction of sp³-hybridized carbons (Fsp3) is 0.350. The van der Waals surface area contributed by atoms with Crippen molar-refractivity contribution in [3.8, 4) is 11.1 Å². The van der Waals surface area contributed by atoms with Crippen LogP contribution in [-0.2, 0) is 9.53 Å². The quantitative estimate of drug-likeness (QED) is 0.663. The van der Waals surface area contributed by atoms with Gasteiger partial charge in [-0.15, -0.1) is 0 Å². The number of nitrogens with one attached hydrogen (secondary N) is 2. The smallest absolute Gasteiger partial charge is 0.407 e. The number of alkyl carbamates (subject to hydrolysis) is 1. The molecule has 2 aliphatic heterocycles. The summed E-state index contributed by atoms with van der Waals surface area (Å²) in [6.45, 7) is 1.78. The van der Waals surface area contributed by atoms with Gasteiger partial charge in [0.1, 0.15) is 11.9 Å². The van der Waals surface area contributed by atoms with Gasteiger partial charge >= 0.3 is 6.09 Å². The van der Waals surface area contributed by atoms with Crippen molar-refractivity contribution in [2.75, 3.05) is 24.5 Å². The first kappa shape index (κ1) is 18.3. The Morgan fingerprint density at radius 2 is 2.23 bits per heavy atom. The third-order valence-electron chi connectivity index (χ3n) is 5.37. The first-order valence-electron chi connectivity index (χ1n) is 9.89. The number of nitrogens with zero attached hydrogens (tertiary/aromatic N) is 5. The van der Waals surface area contributed by atoms with Crippen molar-refractivity contribution in [2.45, 2.75) is 25.0 Å². The van der Waals surface area contributed by atoms with E-state index in [0.717, 1.165) is 35.6 Å². The Hall–Kier alpha value is -3.69. The van der Waals surface area contributed by atoms with Gasteiger partial charge in [0.15, 0.2) is 5.65 Å². The molecule has 2 unspecified atom stereocenters. The van der Waals surface area contributed by atoms with E-state index >= 15 is 0 Å². The molecule has 10 heteroatoms. The lowest BCUT2D eigenvalue weighted by atomic mass is 10.1. The van der Waals surface area contributed by atoms with Crippen LogP contribution < -0.4 is 15.5 Å². The number of aromatic nitrogens is 4. The van der Waals surface area contributed by atoms with Gasteiger partial charge in [-0.2, -0.15) is 5.10 Å². The highest BCUT2D eigenvalue weighted by Crippen LogP contribution is 2.25. The van der Waals surface area contributed by atoms with E-state index in [0.29, 0.717) is 13.1 Å². The maximum Gasteiger partial charge on any atom is 0.407 e. The minimum absolute atomic E-state index is 0.0386. The number of amides is 2. The number of hydrogen-bond donors (Lipinski definition) is 2. The number of carbonyl (C=O) groups is 2. The van der Waals surface area contributed by atoms with E-state index < -0.39 is 12.2 Å². The summed E-state index contributed by atoms with van der Waals surface area (Å²) in [6.07, 6.45) is 7.33. The molecule has 3 aromatic rings. The molecular formula is C20H21N7O3. The minimum atomic E-state index is -0.485. The Morgan fingerprint density at radius 1 is 1.30 bits per heavy atom. The number of rotatable bonds is 4. The molecule has 2 atom stereocenters. The average molecular weight is 407 g/mol. The molecule has 2 fully saturated rings. The average Bonchev–Trinajstić information content (AvgIpc) is 3.48. The second-order valence-corrected chi connectivity index (χ2v) is 7.47. The molecule has 2 aliphatic rings. The van der Waals surface area contributed by atoms with Crippen LogP contribution >= 0.6 is 0 Å². The van der Waals surface area contributed by atoms with Crippen molar-refractivity contribution < 1.29 is 14.3 Å². The van der Waals surface area contributed by atoms with Gasteiger partial charge in [-0.1, -0.05) is 6.07 Å². The number of pyridine rings is 1. The van der Waals surface area contributed by atoms with E-state index in [1.807, 2.05) is 24.4 Å². The summed E-state index contributed by atoms with van der Waals surface area (Å²) in [7, 11) is 0. The molecule has 3 aromatic heterocycles. The number of ether oxygens (including phenoxy) is 1. The number of fused-ring (bicyclic) bond motifs is 1. The Kier molecular flexibility index (Phi) is 4.66. The molecule has 2 N–H and O–H groups in total. The Labute approximate surface area is 172 Å². The highest BCUT2D eigenvalue weighted by atomic mass is 16.6. The molecule has 0 aromatic carbocycles. The molecule has 30 heavy (non-hydrogen) atoms. The van der Waals surface area contributed by atoms with Crippen LogP contribution in [0.4, 0.5) is 10.6 Å². The molecule has 0 spiro atoms. The van der Waals surface area contributed by atoms with E-state index in [2.05, 4.69) is 25.6 Å². The Bertz CT molecular complexity index is 1080. The zero-order chi connectivity index (χ0) is 20.5. The molecular weight excluding hydrogens is 386 g/mol. The van der Waals surface area contributed by atoms with E-state index in [-0.39, 0.29) is 18.4 Å². The van der Waals surface area contributed by atoms with Crippen LogP contribution in [0, 0.1) is 0 Å². The number of anilines is 1. The van der Waals surface area contributed by atoms with Gasteiger partial charge in [-0.3, -0.25) is 9.78 Å². The molecule has 154 valence electrons. The van der Waals surface area contributed by atoms with Crippen molar-refractivity contribution in [3.05, 3.63) is 43.0 Å². The van der Waals surface area contributed by atoms with E-state index in [1.54, 1.807) is 23.1 Å². The zero-order valence-corrected chi connectivity index (χ0v) is 16.2. The minimum Gasteiger partial charge on any atom is -0.444 e.